The third-order valence-corrected chi connectivity index (χ3v) is 4.99. The summed E-state index contributed by atoms with van der Waals surface area (Å²) in [7, 11) is 3.19. The Kier molecular flexibility index (Phi) is 7.06. The predicted octanol–water partition coefficient (Wildman–Crippen LogP) is 3.62. The van der Waals surface area contributed by atoms with Crippen molar-refractivity contribution in [2.45, 2.75) is 32.6 Å². The van der Waals surface area contributed by atoms with E-state index in [0.717, 1.165) is 22.5 Å². The van der Waals surface area contributed by atoms with E-state index < -0.39 is 0 Å². The van der Waals surface area contributed by atoms with Crippen LogP contribution >= 0.6 is 0 Å². The minimum absolute atomic E-state index is 0.0151. The lowest BCUT2D eigenvalue weighted by Crippen LogP contribution is -2.33. The second kappa shape index (κ2) is 9.91. The average Bonchev–Trinajstić information content (AvgIpc) is 2.78. The number of nitrogens with zero attached hydrogens (tertiary/aromatic N) is 2. The number of amides is 2. The monoisotopic (exact) mass is 409 g/mol. The third kappa shape index (κ3) is 5.17. The molecule has 0 radical (unpaired) electrons. The Balaban J connectivity index is 1.68. The number of hydrogen-bond donors (Lipinski definition) is 1. The number of methoxy groups -OCH3 is 2. The Hall–Kier alpha value is -3.35. The van der Waals surface area contributed by atoms with Gasteiger partial charge in [-0.1, -0.05) is 19.1 Å². The lowest BCUT2D eigenvalue weighted by molar-refractivity contribution is -0.131. The maximum atomic E-state index is 12.4. The Bertz CT molecular complexity index is 938. The highest BCUT2D eigenvalue weighted by atomic mass is 16.5. The van der Waals surface area contributed by atoms with E-state index in [1.54, 1.807) is 19.2 Å². The molecule has 2 amide bonds. The van der Waals surface area contributed by atoms with E-state index in [0.29, 0.717) is 43.7 Å². The summed E-state index contributed by atoms with van der Waals surface area (Å²) in [6.07, 6.45) is 2.14. The molecule has 1 aliphatic heterocycles. The van der Waals surface area contributed by atoms with Gasteiger partial charge in [0.05, 0.1) is 19.9 Å². The molecule has 1 heterocycles. The zero-order valence-corrected chi connectivity index (χ0v) is 17.6. The van der Waals surface area contributed by atoms with Crippen LogP contribution < -0.4 is 14.8 Å². The summed E-state index contributed by atoms with van der Waals surface area (Å²) in [4.78, 5) is 23.8. The summed E-state index contributed by atoms with van der Waals surface area (Å²) in [5.41, 5.74) is 3.62. The molecule has 158 valence electrons. The first kappa shape index (κ1) is 21.4. The zero-order valence-electron chi connectivity index (χ0n) is 17.6. The molecule has 0 bridgehead atoms. The largest absolute Gasteiger partial charge is 0.493 e. The van der Waals surface area contributed by atoms with Gasteiger partial charge in [-0.3, -0.25) is 9.59 Å². The molecule has 1 aliphatic rings. The smallest absolute Gasteiger partial charge is 0.243 e. The summed E-state index contributed by atoms with van der Waals surface area (Å²) in [6, 6.07) is 13.3. The average molecular weight is 409 g/mol. The maximum Gasteiger partial charge on any atom is 0.243 e. The molecule has 1 N–H and O–H groups in total. The first-order valence-corrected chi connectivity index (χ1v) is 10.0. The Morgan fingerprint density at radius 3 is 2.47 bits per heavy atom. The number of benzene rings is 2. The fourth-order valence-corrected chi connectivity index (χ4v) is 3.24. The Morgan fingerprint density at radius 1 is 1.07 bits per heavy atom. The van der Waals surface area contributed by atoms with Crippen molar-refractivity contribution in [2.75, 3.05) is 26.1 Å². The molecule has 0 saturated heterocycles. The van der Waals surface area contributed by atoms with Crippen LogP contribution in [0.5, 0.6) is 11.5 Å². The first-order valence-electron chi connectivity index (χ1n) is 10.0. The molecule has 0 atom stereocenters. The molecule has 0 aliphatic carbocycles. The molecular formula is C23H27N3O4. The topological polar surface area (TPSA) is 80.2 Å². The van der Waals surface area contributed by atoms with Gasteiger partial charge < -0.3 is 14.8 Å². The van der Waals surface area contributed by atoms with Crippen LogP contribution in [0.3, 0.4) is 0 Å². The normalized spacial score (nSPS) is 13.6. The highest BCUT2D eigenvalue weighted by Crippen LogP contribution is 2.29. The van der Waals surface area contributed by atoms with Gasteiger partial charge in [-0.15, -0.1) is 0 Å². The fourth-order valence-electron chi connectivity index (χ4n) is 3.24. The van der Waals surface area contributed by atoms with Gasteiger partial charge in [0.1, 0.15) is 0 Å². The van der Waals surface area contributed by atoms with Crippen LogP contribution in [-0.2, 0) is 16.0 Å². The second-order valence-electron chi connectivity index (χ2n) is 6.98. The van der Waals surface area contributed by atoms with Gasteiger partial charge in [-0.05, 0) is 42.3 Å². The second-order valence-corrected chi connectivity index (χ2v) is 6.98. The van der Waals surface area contributed by atoms with Crippen molar-refractivity contribution >= 4 is 23.2 Å². The standard InChI is InChI=1S/C23H27N3O4/c1-4-22(27)24-18-8-5-16(6-9-18)13-14-26-23(28)12-10-19(25-26)17-7-11-20(29-2)21(15-17)30-3/h5-9,11,15H,4,10,12-14H2,1-3H3,(H,24,27). The van der Waals surface area contributed by atoms with Crippen LogP contribution in [-0.4, -0.2) is 43.3 Å². The molecule has 0 fully saturated rings. The third-order valence-electron chi connectivity index (χ3n) is 4.99. The van der Waals surface area contributed by atoms with Gasteiger partial charge >= 0.3 is 0 Å². The van der Waals surface area contributed by atoms with Gasteiger partial charge in [0.15, 0.2) is 11.5 Å². The quantitative estimate of drug-likeness (QED) is 0.722. The maximum absolute atomic E-state index is 12.4. The molecule has 0 aromatic heterocycles. The van der Waals surface area contributed by atoms with Crippen molar-refractivity contribution in [1.82, 2.24) is 5.01 Å². The van der Waals surface area contributed by atoms with E-state index in [4.69, 9.17) is 9.47 Å². The molecule has 7 nitrogen and oxygen atoms in total. The molecule has 0 saturated carbocycles. The number of hydrazone groups is 1. The molecular weight excluding hydrogens is 382 g/mol. The summed E-state index contributed by atoms with van der Waals surface area (Å²) >= 11 is 0. The summed E-state index contributed by atoms with van der Waals surface area (Å²) in [5, 5.41) is 8.97. The lowest BCUT2D eigenvalue weighted by atomic mass is 10.0. The van der Waals surface area contributed by atoms with Crippen LogP contribution in [0.2, 0.25) is 0 Å². The van der Waals surface area contributed by atoms with E-state index >= 15 is 0 Å². The van der Waals surface area contributed by atoms with Crippen LogP contribution in [0.25, 0.3) is 0 Å². The SMILES string of the molecule is CCC(=O)Nc1ccc(CCN2N=C(c3ccc(OC)c(OC)c3)CCC2=O)cc1. The molecule has 0 spiro atoms. The van der Waals surface area contributed by atoms with E-state index in [9.17, 15) is 9.59 Å². The molecule has 3 rings (SSSR count). The number of anilines is 1. The first-order chi connectivity index (χ1) is 14.5. The van der Waals surface area contributed by atoms with Gasteiger partial charge in [-0.25, -0.2) is 5.01 Å². The van der Waals surface area contributed by atoms with E-state index in [-0.39, 0.29) is 11.8 Å². The van der Waals surface area contributed by atoms with Crippen LogP contribution in [0.15, 0.2) is 47.6 Å². The van der Waals surface area contributed by atoms with E-state index in [1.165, 1.54) is 0 Å². The van der Waals surface area contributed by atoms with Gasteiger partial charge in [0.25, 0.3) is 0 Å². The summed E-state index contributed by atoms with van der Waals surface area (Å²) in [5.74, 6) is 1.30. The number of carbonyl (C=O) groups excluding carboxylic acids is 2. The van der Waals surface area contributed by atoms with Crippen molar-refractivity contribution in [3.8, 4) is 11.5 Å². The van der Waals surface area contributed by atoms with E-state index in [2.05, 4.69) is 10.4 Å². The lowest BCUT2D eigenvalue weighted by Gasteiger charge is -2.24. The van der Waals surface area contributed by atoms with Gasteiger partial charge in [-0.2, -0.15) is 5.10 Å². The van der Waals surface area contributed by atoms with Crippen LogP contribution in [0.1, 0.15) is 37.3 Å². The Morgan fingerprint density at radius 2 is 1.80 bits per heavy atom. The molecule has 2 aromatic carbocycles. The van der Waals surface area contributed by atoms with Gasteiger partial charge in [0.2, 0.25) is 11.8 Å². The van der Waals surface area contributed by atoms with Crippen molar-refractivity contribution in [3.05, 3.63) is 53.6 Å². The number of hydrogen-bond acceptors (Lipinski definition) is 5. The predicted molar refractivity (Wildman–Crippen MR) is 116 cm³/mol. The van der Waals surface area contributed by atoms with Crippen LogP contribution in [0, 0.1) is 0 Å². The minimum Gasteiger partial charge on any atom is -0.493 e. The number of nitrogens with one attached hydrogen (secondary N) is 1. The van der Waals surface area contributed by atoms with E-state index in [1.807, 2.05) is 49.4 Å². The van der Waals surface area contributed by atoms with Crippen LogP contribution in [0.4, 0.5) is 5.69 Å². The van der Waals surface area contributed by atoms with Crippen molar-refractivity contribution in [1.29, 1.82) is 0 Å². The minimum atomic E-state index is -0.0151. The molecule has 0 unspecified atom stereocenters. The van der Waals surface area contributed by atoms with Crippen molar-refractivity contribution in [3.63, 3.8) is 0 Å². The van der Waals surface area contributed by atoms with Gasteiger partial charge in [0, 0.05) is 37.1 Å². The Labute approximate surface area is 176 Å². The number of rotatable bonds is 8. The van der Waals surface area contributed by atoms with Crippen molar-refractivity contribution < 1.29 is 19.1 Å². The highest BCUT2D eigenvalue weighted by Gasteiger charge is 2.22. The highest BCUT2D eigenvalue weighted by molar-refractivity contribution is 6.04. The zero-order chi connectivity index (χ0) is 21.5. The molecule has 30 heavy (non-hydrogen) atoms. The fraction of sp³-hybridized carbons (Fsp3) is 0.348. The molecule has 2 aromatic rings. The number of carbonyl (C=O) groups is 2. The molecule has 7 heteroatoms. The number of ether oxygens (including phenoxy) is 2. The van der Waals surface area contributed by atoms with Crippen molar-refractivity contribution in [2.24, 2.45) is 5.10 Å². The summed E-state index contributed by atoms with van der Waals surface area (Å²) < 4.78 is 10.7. The summed E-state index contributed by atoms with van der Waals surface area (Å²) in [6.45, 7) is 2.31.